The number of carbonyl (C=O) groups excluding carboxylic acids is 2. The van der Waals surface area contributed by atoms with Gasteiger partial charge in [0.1, 0.15) is 11.9 Å². The number of anilines is 1. The summed E-state index contributed by atoms with van der Waals surface area (Å²) in [6, 6.07) is 6.55. The number of fused-ring (bicyclic) bond motifs is 1. The minimum absolute atomic E-state index is 0.106. The third-order valence-electron chi connectivity index (χ3n) is 6.79. The van der Waals surface area contributed by atoms with Crippen LogP contribution < -0.4 is 16.4 Å². The molecule has 0 bridgehead atoms. The molecule has 1 saturated heterocycles. The maximum Gasteiger partial charge on any atom is 0.317 e. The lowest BCUT2D eigenvalue weighted by Gasteiger charge is -2.43. The topological polar surface area (TPSA) is 138 Å². The van der Waals surface area contributed by atoms with E-state index in [2.05, 4.69) is 15.6 Å². The molecule has 2 aliphatic rings. The van der Waals surface area contributed by atoms with E-state index in [1.807, 2.05) is 24.3 Å². The number of amides is 2. The standard InChI is InChI=1S/C24H31N5O4/c25-22-18-7-6-15(12-17(18)8-10-26-22)13-28-23(32)19-9-11-29(19)24(33)21(27-14-20(30)31)16-4-2-1-3-5-16/h6-8,10,12,16,19,21,27H,1-5,9,11,13-14H2,(H2,25,26)(H,28,32)(H,30,31). The number of nitrogens with zero attached hydrogens (tertiary/aromatic N) is 2. The Labute approximate surface area is 192 Å². The SMILES string of the molecule is Nc1nccc2cc(CNC(=O)C3CCN3C(=O)C(NCC(=O)O)C3CCCCC3)ccc12. The summed E-state index contributed by atoms with van der Waals surface area (Å²) in [4.78, 5) is 42.9. The first-order valence-corrected chi connectivity index (χ1v) is 11.6. The fraction of sp³-hybridized carbons (Fsp3) is 0.500. The molecule has 2 aromatic rings. The van der Waals surface area contributed by atoms with E-state index in [-0.39, 0.29) is 24.3 Å². The molecule has 2 amide bonds. The average molecular weight is 454 g/mol. The number of hydrogen-bond donors (Lipinski definition) is 4. The van der Waals surface area contributed by atoms with Crippen LogP contribution in [0.15, 0.2) is 30.5 Å². The van der Waals surface area contributed by atoms with Gasteiger partial charge in [0.2, 0.25) is 11.8 Å². The van der Waals surface area contributed by atoms with Gasteiger partial charge in [-0.05, 0) is 48.3 Å². The molecule has 2 unspecified atom stereocenters. The quantitative estimate of drug-likeness (QED) is 0.477. The molecule has 9 nitrogen and oxygen atoms in total. The van der Waals surface area contributed by atoms with Gasteiger partial charge in [0, 0.05) is 24.7 Å². The lowest BCUT2D eigenvalue weighted by molar-refractivity contribution is -0.150. The van der Waals surface area contributed by atoms with Gasteiger partial charge < -0.3 is 21.1 Å². The number of carboxylic acid groups (broad SMARTS) is 1. The number of carbonyl (C=O) groups is 3. The molecule has 2 atom stereocenters. The number of nitrogen functional groups attached to an aromatic ring is 1. The molecule has 1 aromatic carbocycles. The smallest absolute Gasteiger partial charge is 0.317 e. The highest BCUT2D eigenvalue weighted by Gasteiger charge is 2.42. The molecule has 0 radical (unpaired) electrons. The van der Waals surface area contributed by atoms with Crippen molar-refractivity contribution in [3.05, 3.63) is 36.0 Å². The van der Waals surface area contributed by atoms with Crippen molar-refractivity contribution in [3.8, 4) is 0 Å². The van der Waals surface area contributed by atoms with Crippen molar-refractivity contribution < 1.29 is 19.5 Å². The molecule has 2 heterocycles. The summed E-state index contributed by atoms with van der Waals surface area (Å²) in [5.74, 6) is -0.771. The van der Waals surface area contributed by atoms with Gasteiger partial charge in [-0.15, -0.1) is 0 Å². The monoisotopic (exact) mass is 453 g/mol. The van der Waals surface area contributed by atoms with Crippen LogP contribution in [0.1, 0.15) is 44.1 Å². The second kappa shape index (κ2) is 10.2. The summed E-state index contributed by atoms with van der Waals surface area (Å²) in [5, 5.41) is 16.8. The molecule has 0 spiro atoms. The van der Waals surface area contributed by atoms with Crippen LogP contribution in [0.5, 0.6) is 0 Å². The summed E-state index contributed by atoms with van der Waals surface area (Å²) in [6.45, 7) is 0.593. The van der Waals surface area contributed by atoms with Crippen LogP contribution >= 0.6 is 0 Å². The molecule has 5 N–H and O–H groups in total. The average Bonchev–Trinajstić information content (AvgIpc) is 2.78. The Hall–Kier alpha value is -3.20. The number of likely N-dealkylation sites (tertiary alicyclic amines) is 1. The van der Waals surface area contributed by atoms with Gasteiger partial charge in [0.15, 0.2) is 0 Å². The molecule has 9 heteroatoms. The largest absolute Gasteiger partial charge is 0.480 e. The van der Waals surface area contributed by atoms with Crippen LogP contribution in [-0.2, 0) is 20.9 Å². The fourth-order valence-corrected chi connectivity index (χ4v) is 4.89. The zero-order valence-corrected chi connectivity index (χ0v) is 18.6. The maximum atomic E-state index is 13.3. The summed E-state index contributed by atoms with van der Waals surface area (Å²) in [7, 11) is 0. The molecular weight excluding hydrogens is 422 g/mol. The third-order valence-corrected chi connectivity index (χ3v) is 6.79. The Morgan fingerprint density at radius 1 is 1.15 bits per heavy atom. The lowest BCUT2D eigenvalue weighted by Crippen LogP contribution is -2.63. The second-order valence-electron chi connectivity index (χ2n) is 8.96. The number of aliphatic carboxylic acids is 1. The van der Waals surface area contributed by atoms with E-state index in [0.29, 0.717) is 25.3 Å². The van der Waals surface area contributed by atoms with Crippen molar-refractivity contribution in [2.24, 2.45) is 5.92 Å². The summed E-state index contributed by atoms with van der Waals surface area (Å²) < 4.78 is 0. The van der Waals surface area contributed by atoms with Crippen molar-refractivity contribution in [1.29, 1.82) is 0 Å². The van der Waals surface area contributed by atoms with E-state index < -0.39 is 18.1 Å². The van der Waals surface area contributed by atoms with Crippen LogP contribution in [0.25, 0.3) is 10.8 Å². The lowest BCUT2D eigenvalue weighted by atomic mass is 9.82. The maximum absolute atomic E-state index is 13.3. The fourth-order valence-electron chi connectivity index (χ4n) is 4.89. The van der Waals surface area contributed by atoms with E-state index in [9.17, 15) is 14.4 Å². The van der Waals surface area contributed by atoms with Crippen LogP contribution in [0.2, 0.25) is 0 Å². The summed E-state index contributed by atoms with van der Waals surface area (Å²) >= 11 is 0. The molecule has 1 aliphatic carbocycles. The number of nitrogens with one attached hydrogen (secondary N) is 2. The Morgan fingerprint density at radius 2 is 1.94 bits per heavy atom. The number of nitrogens with two attached hydrogens (primary N) is 1. The van der Waals surface area contributed by atoms with Gasteiger partial charge >= 0.3 is 5.97 Å². The van der Waals surface area contributed by atoms with Gasteiger partial charge in [-0.2, -0.15) is 0 Å². The molecule has 1 saturated carbocycles. The van der Waals surface area contributed by atoms with E-state index in [1.54, 1.807) is 11.1 Å². The molecular formula is C24H31N5O4. The highest BCUT2D eigenvalue weighted by Crippen LogP contribution is 2.29. The first-order valence-electron chi connectivity index (χ1n) is 11.6. The molecule has 33 heavy (non-hydrogen) atoms. The number of benzene rings is 1. The minimum Gasteiger partial charge on any atom is -0.480 e. The van der Waals surface area contributed by atoms with Crippen LogP contribution in [0, 0.1) is 5.92 Å². The van der Waals surface area contributed by atoms with Crippen LogP contribution in [-0.4, -0.2) is 57.9 Å². The van der Waals surface area contributed by atoms with E-state index in [4.69, 9.17) is 10.8 Å². The van der Waals surface area contributed by atoms with Gasteiger partial charge in [-0.25, -0.2) is 4.98 Å². The summed E-state index contributed by atoms with van der Waals surface area (Å²) in [5.41, 5.74) is 6.83. The number of aromatic nitrogens is 1. The molecule has 1 aromatic heterocycles. The van der Waals surface area contributed by atoms with Crippen molar-refractivity contribution in [2.75, 3.05) is 18.8 Å². The predicted molar refractivity (Wildman–Crippen MR) is 124 cm³/mol. The Morgan fingerprint density at radius 3 is 2.64 bits per heavy atom. The Kier molecular flexibility index (Phi) is 7.08. The van der Waals surface area contributed by atoms with Crippen molar-refractivity contribution in [3.63, 3.8) is 0 Å². The van der Waals surface area contributed by atoms with Crippen molar-refractivity contribution in [1.82, 2.24) is 20.5 Å². The third kappa shape index (κ3) is 5.24. The summed E-state index contributed by atoms with van der Waals surface area (Å²) in [6.07, 6.45) is 7.28. The Bertz CT molecular complexity index is 1040. The highest BCUT2D eigenvalue weighted by atomic mass is 16.4. The van der Waals surface area contributed by atoms with Crippen LogP contribution in [0.3, 0.4) is 0 Å². The van der Waals surface area contributed by atoms with Crippen molar-refractivity contribution >= 4 is 34.4 Å². The first-order chi connectivity index (χ1) is 15.9. The molecule has 176 valence electrons. The van der Waals surface area contributed by atoms with Crippen molar-refractivity contribution in [2.45, 2.75) is 57.2 Å². The second-order valence-corrected chi connectivity index (χ2v) is 8.96. The van der Waals surface area contributed by atoms with Gasteiger partial charge in [-0.1, -0.05) is 31.4 Å². The van der Waals surface area contributed by atoms with Gasteiger partial charge in [0.05, 0.1) is 12.6 Å². The van der Waals surface area contributed by atoms with Crippen LogP contribution in [0.4, 0.5) is 5.82 Å². The zero-order chi connectivity index (χ0) is 23.4. The normalized spacial score (nSPS) is 19.6. The molecule has 2 fully saturated rings. The first kappa shape index (κ1) is 23.0. The number of rotatable bonds is 8. The van der Waals surface area contributed by atoms with Gasteiger partial charge in [-0.3, -0.25) is 19.7 Å². The molecule has 4 rings (SSSR count). The zero-order valence-electron chi connectivity index (χ0n) is 18.6. The minimum atomic E-state index is -0.991. The van der Waals surface area contributed by atoms with E-state index in [1.165, 1.54) is 0 Å². The van der Waals surface area contributed by atoms with E-state index >= 15 is 0 Å². The Balaban J connectivity index is 1.38. The highest BCUT2D eigenvalue weighted by molar-refractivity contribution is 5.92. The van der Waals surface area contributed by atoms with Gasteiger partial charge in [0.25, 0.3) is 0 Å². The predicted octanol–water partition coefficient (Wildman–Crippen LogP) is 1.66. The number of carboxylic acids is 1. The number of pyridine rings is 1. The number of hydrogen-bond acceptors (Lipinski definition) is 6. The van der Waals surface area contributed by atoms with E-state index in [0.717, 1.165) is 48.4 Å². The molecule has 1 aliphatic heterocycles.